The van der Waals surface area contributed by atoms with Gasteiger partial charge in [-0.05, 0) is 38.6 Å². The average molecular weight is 283 g/mol. The third-order valence-electron chi connectivity index (χ3n) is 4.06. The molecule has 0 spiro atoms. The standard InChI is InChI=1S/C17H21N3O/c1-20-8-4-6-14(12-20)17-11-18-10-16(19-17)13-5-3-7-15(9-13)21-2/h3,5,7,9-11,14H,4,6,8,12H2,1-2H3/t14-/m0/s1. The van der Waals surface area contributed by atoms with Gasteiger partial charge in [-0.25, -0.2) is 4.98 Å². The van der Waals surface area contributed by atoms with Gasteiger partial charge < -0.3 is 9.64 Å². The summed E-state index contributed by atoms with van der Waals surface area (Å²) in [6.07, 6.45) is 6.16. The summed E-state index contributed by atoms with van der Waals surface area (Å²) >= 11 is 0. The number of benzene rings is 1. The highest BCUT2D eigenvalue weighted by atomic mass is 16.5. The molecule has 21 heavy (non-hydrogen) atoms. The lowest BCUT2D eigenvalue weighted by atomic mass is 9.95. The molecular formula is C17H21N3O. The molecule has 1 saturated heterocycles. The number of likely N-dealkylation sites (N-methyl/N-ethyl adjacent to an activating group) is 1. The first-order valence-electron chi connectivity index (χ1n) is 7.41. The highest BCUT2D eigenvalue weighted by Gasteiger charge is 2.20. The average Bonchev–Trinajstić information content (AvgIpc) is 2.55. The highest BCUT2D eigenvalue weighted by Crippen LogP contribution is 2.27. The van der Waals surface area contributed by atoms with Gasteiger partial charge in [0.1, 0.15) is 5.75 Å². The summed E-state index contributed by atoms with van der Waals surface area (Å²) in [5, 5.41) is 0. The zero-order chi connectivity index (χ0) is 14.7. The van der Waals surface area contributed by atoms with Crippen LogP contribution >= 0.6 is 0 Å². The van der Waals surface area contributed by atoms with Gasteiger partial charge in [0.2, 0.25) is 0 Å². The van der Waals surface area contributed by atoms with Crippen LogP contribution in [0.2, 0.25) is 0 Å². The van der Waals surface area contributed by atoms with E-state index < -0.39 is 0 Å². The summed E-state index contributed by atoms with van der Waals surface area (Å²) < 4.78 is 5.28. The second-order valence-corrected chi connectivity index (χ2v) is 5.66. The van der Waals surface area contributed by atoms with E-state index in [0.717, 1.165) is 29.2 Å². The van der Waals surface area contributed by atoms with E-state index in [-0.39, 0.29) is 0 Å². The summed E-state index contributed by atoms with van der Waals surface area (Å²) in [7, 11) is 3.85. The number of likely N-dealkylation sites (tertiary alicyclic amines) is 1. The van der Waals surface area contributed by atoms with Crippen molar-refractivity contribution >= 4 is 0 Å². The van der Waals surface area contributed by atoms with Crippen LogP contribution in [-0.2, 0) is 0 Å². The van der Waals surface area contributed by atoms with E-state index in [2.05, 4.69) is 16.9 Å². The van der Waals surface area contributed by atoms with Gasteiger partial charge in [-0.1, -0.05) is 12.1 Å². The largest absolute Gasteiger partial charge is 0.497 e. The van der Waals surface area contributed by atoms with Crippen LogP contribution in [0.4, 0.5) is 0 Å². The molecule has 1 aromatic heterocycles. The van der Waals surface area contributed by atoms with Crippen molar-refractivity contribution in [2.45, 2.75) is 18.8 Å². The molecule has 0 aliphatic carbocycles. The Morgan fingerprint density at radius 2 is 2.19 bits per heavy atom. The van der Waals surface area contributed by atoms with E-state index in [4.69, 9.17) is 9.72 Å². The number of hydrogen-bond donors (Lipinski definition) is 0. The molecular weight excluding hydrogens is 262 g/mol. The lowest BCUT2D eigenvalue weighted by molar-refractivity contribution is 0.248. The van der Waals surface area contributed by atoms with Crippen LogP contribution in [0.3, 0.4) is 0 Å². The lowest BCUT2D eigenvalue weighted by Gasteiger charge is -2.29. The van der Waals surface area contributed by atoms with Gasteiger partial charge in [0.05, 0.1) is 24.7 Å². The maximum atomic E-state index is 5.28. The second kappa shape index (κ2) is 6.22. The van der Waals surface area contributed by atoms with Crippen LogP contribution in [-0.4, -0.2) is 42.1 Å². The van der Waals surface area contributed by atoms with E-state index in [9.17, 15) is 0 Å². The van der Waals surface area contributed by atoms with Gasteiger partial charge in [0.15, 0.2) is 0 Å². The minimum atomic E-state index is 0.488. The normalized spacial score (nSPS) is 19.4. The van der Waals surface area contributed by atoms with Gasteiger partial charge >= 0.3 is 0 Å². The Morgan fingerprint density at radius 1 is 1.29 bits per heavy atom. The number of ether oxygens (including phenoxy) is 1. The minimum Gasteiger partial charge on any atom is -0.497 e. The van der Waals surface area contributed by atoms with Gasteiger partial charge in [-0.2, -0.15) is 0 Å². The number of piperidine rings is 1. The van der Waals surface area contributed by atoms with Crippen molar-refractivity contribution in [1.29, 1.82) is 0 Å². The Bertz CT molecular complexity index is 614. The Balaban J connectivity index is 1.88. The first-order valence-corrected chi connectivity index (χ1v) is 7.41. The molecule has 0 unspecified atom stereocenters. The maximum Gasteiger partial charge on any atom is 0.119 e. The molecule has 1 aromatic carbocycles. The van der Waals surface area contributed by atoms with Crippen molar-refractivity contribution in [3.05, 3.63) is 42.4 Å². The molecule has 0 N–H and O–H groups in total. The summed E-state index contributed by atoms with van der Waals surface area (Å²) in [4.78, 5) is 11.6. The molecule has 0 amide bonds. The van der Waals surface area contributed by atoms with Crippen LogP contribution < -0.4 is 4.74 Å². The highest BCUT2D eigenvalue weighted by molar-refractivity contribution is 5.60. The van der Waals surface area contributed by atoms with Crippen LogP contribution in [0.5, 0.6) is 5.75 Å². The number of methoxy groups -OCH3 is 1. The van der Waals surface area contributed by atoms with Crippen LogP contribution in [0.25, 0.3) is 11.3 Å². The summed E-state index contributed by atoms with van der Waals surface area (Å²) in [5.74, 6) is 1.33. The molecule has 0 bridgehead atoms. The molecule has 1 atom stereocenters. The molecule has 0 saturated carbocycles. The minimum absolute atomic E-state index is 0.488. The Hall–Kier alpha value is -1.94. The van der Waals surface area contributed by atoms with E-state index in [1.54, 1.807) is 7.11 Å². The molecule has 3 rings (SSSR count). The van der Waals surface area contributed by atoms with Gasteiger partial charge in [-0.15, -0.1) is 0 Å². The van der Waals surface area contributed by atoms with Crippen molar-refractivity contribution in [1.82, 2.24) is 14.9 Å². The Morgan fingerprint density at radius 3 is 3.00 bits per heavy atom. The zero-order valence-corrected chi connectivity index (χ0v) is 12.6. The molecule has 1 aliphatic heterocycles. The third-order valence-corrected chi connectivity index (χ3v) is 4.06. The SMILES string of the molecule is COc1cccc(-c2cncc([C@H]3CCCN(C)C3)n2)c1. The fourth-order valence-corrected chi connectivity index (χ4v) is 2.91. The quantitative estimate of drug-likeness (QED) is 0.868. The molecule has 2 heterocycles. The van der Waals surface area contributed by atoms with Gasteiger partial charge in [-0.3, -0.25) is 4.98 Å². The van der Waals surface area contributed by atoms with Crippen molar-refractivity contribution < 1.29 is 4.74 Å². The second-order valence-electron chi connectivity index (χ2n) is 5.66. The topological polar surface area (TPSA) is 38.2 Å². The molecule has 1 aliphatic rings. The predicted molar refractivity (Wildman–Crippen MR) is 83.5 cm³/mol. The maximum absolute atomic E-state index is 5.28. The molecule has 2 aromatic rings. The predicted octanol–water partition coefficient (Wildman–Crippen LogP) is 2.96. The van der Waals surface area contributed by atoms with Crippen LogP contribution in [0, 0.1) is 0 Å². The van der Waals surface area contributed by atoms with Crippen molar-refractivity contribution in [3.63, 3.8) is 0 Å². The monoisotopic (exact) mass is 283 g/mol. The molecule has 4 nitrogen and oxygen atoms in total. The van der Waals surface area contributed by atoms with Crippen LogP contribution in [0.15, 0.2) is 36.7 Å². The van der Waals surface area contributed by atoms with Crippen molar-refractivity contribution in [2.75, 3.05) is 27.2 Å². The number of rotatable bonds is 3. The van der Waals surface area contributed by atoms with Crippen molar-refractivity contribution in [2.24, 2.45) is 0 Å². The van der Waals surface area contributed by atoms with Gasteiger partial charge in [0, 0.05) is 24.2 Å². The first-order chi connectivity index (χ1) is 10.3. The number of nitrogens with zero attached hydrogens (tertiary/aromatic N) is 3. The number of aromatic nitrogens is 2. The first kappa shape index (κ1) is 14.0. The number of hydrogen-bond acceptors (Lipinski definition) is 4. The van der Waals surface area contributed by atoms with E-state index in [1.807, 2.05) is 36.7 Å². The van der Waals surface area contributed by atoms with E-state index >= 15 is 0 Å². The molecule has 0 radical (unpaired) electrons. The smallest absolute Gasteiger partial charge is 0.119 e. The summed E-state index contributed by atoms with van der Waals surface area (Å²) in [5.41, 5.74) is 3.06. The molecule has 4 heteroatoms. The summed E-state index contributed by atoms with van der Waals surface area (Å²) in [6, 6.07) is 7.97. The Kier molecular flexibility index (Phi) is 4.15. The fourth-order valence-electron chi connectivity index (χ4n) is 2.91. The molecule has 110 valence electrons. The third kappa shape index (κ3) is 3.22. The lowest BCUT2D eigenvalue weighted by Crippen LogP contribution is -2.31. The molecule has 1 fully saturated rings. The van der Waals surface area contributed by atoms with E-state index in [0.29, 0.717) is 5.92 Å². The summed E-state index contributed by atoms with van der Waals surface area (Å²) in [6.45, 7) is 2.25. The van der Waals surface area contributed by atoms with E-state index in [1.165, 1.54) is 19.4 Å². The van der Waals surface area contributed by atoms with Crippen molar-refractivity contribution in [3.8, 4) is 17.0 Å². The zero-order valence-electron chi connectivity index (χ0n) is 12.6. The van der Waals surface area contributed by atoms with Crippen LogP contribution in [0.1, 0.15) is 24.5 Å². The Labute approximate surface area is 125 Å². The fraction of sp³-hybridized carbons (Fsp3) is 0.412. The van der Waals surface area contributed by atoms with Gasteiger partial charge in [0.25, 0.3) is 0 Å².